The minimum Gasteiger partial charge on any atom is -0.481 e. The summed E-state index contributed by atoms with van der Waals surface area (Å²) in [5, 5.41) is 14.8. The van der Waals surface area contributed by atoms with Gasteiger partial charge in [0, 0.05) is 23.9 Å². The third kappa shape index (κ3) is 6.00. The van der Waals surface area contributed by atoms with Gasteiger partial charge in [0.05, 0.1) is 0 Å². The summed E-state index contributed by atoms with van der Waals surface area (Å²) in [4.78, 5) is 36.4. The third-order valence-corrected chi connectivity index (χ3v) is 6.19. The van der Waals surface area contributed by atoms with Gasteiger partial charge >= 0.3 is 12.1 Å². The van der Waals surface area contributed by atoms with Gasteiger partial charge in [-0.05, 0) is 46.4 Å². The number of benzene rings is 3. The highest BCUT2D eigenvalue weighted by atomic mass is 35.5. The summed E-state index contributed by atoms with van der Waals surface area (Å²) in [7, 11) is 0. The first-order valence-electron chi connectivity index (χ1n) is 11.3. The van der Waals surface area contributed by atoms with Crippen LogP contribution in [-0.4, -0.2) is 35.7 Å². The molecule has 3 aromatic rings. The molecule has 0 spiro atoms. The van der Waals surface area contributed by atoms with E-state index >= 15 is 0 Å². The monoisotopic (exact) mass is 492 g/mol. The Kier molecular flexibility index (Phi) is 7.67. The standard InChI is InChI=1S/C27H25ClN2O5/c28-18-7-5-6-17(14-18)15-29-26(33)24(12-13-25(31)32)30-27(34)35-16-23-21-10-3-1-8-19(21)20-9-2-4-11-22(20)23/h1-11,14,23-24H,12-13,15-16H2,(H,29,33)(H,30,34)(H,31,32). The van der Waals surface area contributed by atoms with Gasteiger partial charge in [-0.1, -0.05) is 72.3 Å². The molecule has 35 heavy (non-hydrogen) atoms. The number of carboxylic acids is 1. The fourth-order valence-electron chi connectivity index (χ4n) is 4.28. The largest absolute Gasteiger partial charge is 0.481 e. The summed E-state index contributed by atoms with van der Waals surface area (Å²) in [5.74, 6) is -1.69. The molecule has 1 aliphatic carbocycles. The molecule has 1 unspecified atom stereocenters. The van der Waals surface area contributed by atoms with Gasteiger partial charge in [-0.2, -0.15) is 0 Å². The number of hydrogen-bond acceptors (Lipinski definition) is 4. The van der Waals surface area contributed by atoms with E-state index in [1.165, 1.54) is 0 Å². The molecule has 0 aromatic heterocycles. The lowest BCUT2D eigenvalue weighted by molar-refractivity contribution is -0.137. The average molecular weight is 493 g/mol. The minimum atomic E-state index is -1.06. The van der Waals surface area contributed by atoms with Gasteiger partial charge in [0.1, 0.15) is 12.6 Å². The molecule has 0 aliphatic heterocycles. The molecule has 1 atom stereocenters. The fraction of sp³-hybridized carbons (Fsp3) is 0.222. The van der Waals surface area contributed by atoms with E-state index in [0.29, 0.717) is 5.02 Å². The van der Waals surface area contributed by atoms with Gasteiger partial charge in [0.2, 0.25) is 5.91 Å². The molecule has 0 saturated carbocycles. The SMILES string of the molecule is O=C(O)CCC(NC(=O)OCC1c2ccccc2-c2ccccc21)C(=O)NCc1cccc(Cl)c1. The highest BCUT2D eigenvalue weighted by Crippen LogP contribution is 2.44. The van der Waals surface area contributed by atoms with Crippen molar-refractivity contribution in [2.45, 2.75) is 31.3 Å². The molecule has 2 amide bonds. The number of rotatable bonds is 9. The minimum absolute atomic E-state index is 0.0685. The van der Waals surface area contributed by atoms with Crippen molar-refractivity contribution in [1.82, 2.24) is 10.6 Å². The number of fused-ring (bicyclic) bond motifs is 3. The second-order valence-electron chi connectivity index (χ2n) is 8.30. The zero-order chi connectivity index (χ0) is 24.8. The number of carbonyl (C=O) groups is 3. The molecule has 3 N–H and O–H groups in total. The highest BCUT2D eigenvalue weighted by molar-refractivity contribution is 6.30. The Bertz CT molecular complexity index is 1200. The van der Waals surface area contributed by atoms with Crippen LogP contribution in [0.1, 0.15) is 35.4 Å². The third-order valence-electron chi connectivity index (χ3n) is 5.95. The summed E-state index contributed by atoms with van der Waals surface area (Å²) in [6.45, 7) is 0.283. The lowest BCUT2D eigenvalue weighted by atomic mass is 9.98. The highest BCUT2D eigenvalue weighted by Gasteiger charge is 2.30. The predicted octanol–water partition coefficient (Wildman–Crippen LogP) is 4.73. The predicted molar refractivity (Wildman–Crippen MR) is 132 cm³/mol. The van der Waals surface area contributed by atoms with E-state index < -0.39 is 24.0 Å². The van der Waals surface area contributed by atoms with Crippen molar-refractivity contribution in [1.29, 1.82) is 0 Å². The van der Waals surface area contributed by atoms with E-state index in [1.807, 2.05) is 48.5 Å². The summed E-state index contributed by atoms with van der Waals surface area (Å²) < 4.78 is 5.51. The van der Waals surface area contributed by atoms with Crippen LogP contribution in [0, 0.1) is 0 Å². The van der Waals surface area contributed by atoms with Crippen LogP contribution in [0.5, 0.6) is 0 Å². The Hall–Kier alpha value is -3.84. The molecular formula is C27H25ClN2O5. The number of carboxylic acid groups (broad SMARTS) is 1. The summed E-state index contributed by atoms with van der Waals surface area (Å²) in [5.41, 5.74) is 5.14. The van der Waals surface area contributed by atoms with Gasteiger partial charge < -0.3 is 20.5 Å². The molecule has 4 rings (SSSR count). The molecule has 0 saturated heterocycles. The lowest BCUT2D eigenvalue weighted by Gasteiger charge is -2.19. The number of aliphatic carboxylic acids is 1. The molecule has 0 radical (unpaired) electrons. The average Bonchev–Trinajstić information content (AvgIpc) is 3.17. The van der Waals surface area contributed by atoms with Gasteiger partial charge in [-0.25, -0.2) is 4.79 Å². The Morgan fingerprint density at radius 2 is 1.60 bits per heavy atom. The zero-order valence-corrected chi connectivity index (χ0v) is 19.6. The molecule has 0 heterocycles. The number of nitrogens with one attached hydrogen (secondary N) is 2. The van der Waals surface area contributed by atoms with E-state index in [2.05, 4.69) is 10.6 Å². The van der Waals surface area contributed by atoms with Crippen LogP contribution in [0.3, 0.4) is 0 Å². The topological polar surface area (TPSA) is 105 Å². The van der Waals surface area contributed by atoms with Crippen LogP contribution in [0.2, 0.25) is 5.02 Å². The van der Waals surface area contributed by atoms with Crippen LogP contribution < -0.4 is 10.6 Å². The molecule has 7 nitrogen and oxygen atoms in total. The van der Waals surface area contributed by atoms with Crippen molar-refractivity contribution < 1.29 is 24.2 Å². The Balaban J connectivity index is 1.39. The van der Waals surface area contributed by atoms with Crippen LogP contribution in [0.15, 0.2) is 72.8 Å². The second kappa shape index (κ2) is 11.1. The number of alkyl carbamates (subject to hydrolysis) is 1. The number of carbonyl (C=O) groups excluding carboxylic acids is 2. The summed E-state index contributed by atoms with van der Waals surface area (Å²) >= 11 is 5.98. The first-order chi connectivity index (χ1) is 16.9. The molecular weight excluding hydrogens is 468 g/mol. The number of amides is 2. The van der Waals surface area contributed by atoms with Crippen LogP contribution in [-0.2, 0) is 20.9 Å². The smallest absolute Gasteiger partial charge is 0.407 e. The van der Waals surface area contributed by atoms with Crippen molar-refractivity contribution in [2.75, 3.05) is 6.61 Å². The zero-order valence-electron chi connectivity index (χ0n) is 18.9. The molecule has 8 heteroatoms. The van der Waals surface area contributed by atoms with E-state index in [0.717, 1.165) is 27.8 Å². The van der Waals surface area contributed by atoms with Crippen molar-refractivity contribution in [2.24, 2.45) is 0 Å². The van der Waals surface area contributed by atoms with Gasteiger partial charge in [-0.3, -0.25) is 9.59 Å². The first-order valence-corrected chi connectivity index (χ1v) is 11.7. The van der Waals surface area contributed by atoms with Gasteiger partial charge in [0.25, 0.3) is 0 Å². The molecule has 0 fully saturated rings. The van der Waals surface area contributed by atoms with Crippen LogP contribution in [0.4, 0.5) is 4.79 Å². The van der Waals surface area contributed by atoms with E-state index in [1.54, 1.807) is 24.3 Å². The number of hydrogen-bond donors (Lipinski definition) is 3. The lowest BCUT2D eigenvalue weighted by Crippen LogP contribution is -2.47. The molecule has 3 aromatic carbocycles. The van der Waals surface area contributed by atoms with Crippen molar-refractivity contribution in [3.63, 3.8) is 0 Å². The van der Waals surface area contributed by atoms with Gasteiger partial charge in [0.15, 0.2) is 0 Å². The van der Waals surface area contributed by atoms with E-state index in [9.17, 15) is 14.4 Å². The van der Waals surface area contributed by atoms with Gasteiger partial charge in [-0.15, -0.1) is 0 Å². The summed E-state index contributed by atoms with van der Waals surface area (Å²) in [6, 6.07) is 21.9. The van der Waals surface area contributed by atoms with E-state index in [-0.39, 0.29) is 31.9 Å². The van der Waals surface area contributed by atoms with E-state index in [4.69, 9.17) is 21.4 Å². The van der Waals surface area contributed by atoms with Crippen molar-refractivity contribution in [3.8, 4) is 11.1 Å². The Morgan fingerprint density at radius 3 is 2.23 bits per heavy atom. The molecule has 0 bridgehead atoms. The molecule has 180 valence electrons. The Labute approximate surface area is 208 Å². The number of ether oxygens (including phenoxy) is 1. The van der Waals surface area contributed by atoms with Crippen molar-refractivity contribution in [3.05, 3.63) is 94.5 Å². The van der Waals surface area contributed by atoms with Crippen molar-refractivity contribution >= 4 is 29.6 Å². The second-order valence-corrected chi connectivity index (χ2v) is 8.74. The Morgan fingerprint density at radius 1 is 0.943 bits per heavy atom. The fourth-order valence-corrected chi connectivity index (χ4v) is 4.49. The van der Waals surface area contributed by atoms with Crippen LogP contribution >= 0.6 is 11.6 Å². The first kappa shape index (κ1) is 24.3. The molecule has 1 aliphatic rings. The maximum Gasteiger partial charge on any atom is 0.407 e. The number of halogens is 1. The normalized spacial score (nSPS) is 12.8. The maximum atomic E-state index is 12.7. The maximum absolute atomic E-state index is 12.7. The summed E-state index contributed by atoms with van der Waals surface area (Å²) in [6.07, 6.45) is -1.13. The quantitative estimate of drug-likeness (QED) is 0.400. The van der Waals surface area contributed by atoms with Crippen LogP contribution in [0.25, 0.3) is 11.1 Å².